The number of ether oxygens (including phenoxy) is 2. The number of aromatic hydroxyl groups is 1. The summed E-state index contributed by atoms with van der Waals surface area (Å²) in [5, 5.41) is 12.6. The van der Waals surface area contributed by atoms with Crippen molar-refractivity contribution in [3.05, 3.63) is 23.8 Å². The third-order valence-corrected chi connectivity index (χ3v) is 2.45. The summed E-state index contributed by atoms with van der Waals surface area (Å²) in [4.78, 5) is 11.2. The van der Waals surface area contributed by atoms with E-state index in [1.807, 2.05) is 0 Å². The zero-order valence-corrected chi connectivity index (χ0v) is 10.2. The zero-order chi connectivity index (χ0) is 12.8. The van der Waals surface area contributed by atoms with Gasteiger partial charge in [0.05, 0.1) is 14.2 Å². The minimum atomic E-state index is -0.415. The van der Waals surface area contributed by atoms with Crippen LogP contribution in [0.1, 0.15) is 12.5 Å². The van der Waals surface area contributed by atoms with E-state index >= 15 is 0 Å². The van der Waals surface area contributed by atoms with Crippen LogP contribution in [0, 0.1) is 0 Å². The predicted molar refractivity (Wildman–Crippen MR) is 63.0 cm³/mol. The number of hydrogen-bond acceptors (Lipinski definition) is 5. The Labute approximate surface area is 100 Å². The molecular weight excluding hydrogens is 222 g/mol. The molecule has 0 radical (unpaired) electrons. The minimum absolute atomic E-state index is 0.133. The molecule has 0 aliphatic carbocycles. The van der Waals surface area contributed by atoms with Crippen LogP contribution in [0.2, 0.25) is 0 Å². The Balaban J connectivity index is 2.60. The summed E-state index contributed by atoms with van der Waals surface area (Å²) in [6.45, 7) is 2.08. The monoisotopic (exact) mass is 239 g/mol. The summed E-state index contributed by atoms with van der Waals surface area (Å²) in [5.41, 5.74) is 0.696. The zero-order valence-electron chi connectivity index (χ0n) is 10.2. The molecular formula is C12H17NO4. The van der Waals surface area contributed by atoms with E-state index in [1.165, 1.54) is 20.3 Å². The van der Waals surface area contributed by atoms with Gasteiger partial charge in [0.1, 0.15) is 17.5 Å². The molecule has 0 aromatic heterocycles. The maximum atomic E-state index is 11.2. The average Bonchev–Trinajstić information content (AvgIpc) is 2.35. The fourth-order valence-electron chi connectivity index (χ4n) is 1.34. The van der Waals surface area contributed by atoms with E-state index in [0.717, 1.165) is 0 Å². The van der Waals surface area contributed by atoms with E-state index in [1.54, 1.807) is 19.1 Å². The van der Waals surface area contributed by atoms with Crippen molar-refractivity contribution in [1.82, 2.24) is 5.32 Å². The molecule has 0 bridgehead atoms. The van der Waals surface area contributed by atoms with Gasteiger partial charge in [-0.3, -0.25) is 4.79 Å². The first-order valence-corrected chi connectivity index (χ1v) is 5.25. The van der Waals surface area contributed by atoms with Crippen LogP contribution in [-0.4, -0.2) is 31.3 Å². The molecule has 5 heteroatoms. The van der Waals surface area contributed by atoms with Crippen LogP contribution in [0.5, 0.6) is 11.5 Å². The Bertz CT molecular complexity index is 392. The largest absolute Gasteiger partial charge is 0.507 e. The number of rotatable bonds is 5. The smallest absolute Gasteiger partial charge is 0.322 e. The second-order valence-corrected chi connectivity index (χ2v) is 3.62. The number of phenolic OH excluding ortho intramolecular Hbond substituents is 1. The van der Waals surface area contributed by atoms with Crippen LogP contribution in [0.25, 0.3) is 0 Å². The molecule has 0 heterocycles. The second kappa shape index (κ2) is 6.10. The first-order chi connectivity index (χ1) is 8.08. The molecule has 1 atom stereocenters. The van der Waals surface area contributed by atoms with Crippen molar-refractivity contribution in [2.45, 2.75) is 19.5 Å². The van der Waals surface area contributed by atoms with Gasteiger partial charge in [0.15, 0.2) is 0 Å². The number of carbonyl (C=O) groups excluding carboxylic acids is 1. The number of nitrogens with one attached hydrogen (secondary N) is 1. The number of esters is 1. The van der Waals surface area contributed by atoms with Crippen LogP contribution in [0.3, 0.4) is 0 Å². The number of phenols is 1. The van der Waals surface area contributed by atoms with Gasteiger partial charge < -0.3 is 19.9 Å². The summed E-state index contributed by atoms with van der Waals surface area (Å²) in [6, 6.07) is 4.60. The van der Waals surface area contributed by atoms with Gasteiger partial charge in [-0.15, -0.1) is 0 Å². The van der Waals surface area contributed by atoms with E-state index in [0.29, 0.717) is 17.9 Å². The lowest BCUT2D eigenvalue weighted by Crippen LogP contribution is -2.34. The fourth-order valence-corrected chi connectivity index (χ4v) is 1.34. The van der Waals surface area contributed by atoms with Crippen LogP contribution in [0.4, 0.5) is 0 Å². The molecule has 94 valence electrons. The highest BCUT2D eigenvalue weighted by Gasteiger charge is 2.12. The SMILES string of the molecule is COC(=O)C(C)NCc1ccc(OC)cc1O. The fraction of sp³-hybridized carbons (Fsp3) is 0.417. The molecule has 0 saturated carbocycles. The molecule has 1 aromatic carbocycles. The van der Waals surface area contributed by atoms with Crippen molar-refractivity contribution in [3.63, 3.8) is 0 Å². The van der Waals surface area contributed by atoms with Gasteiger partial charge in [-0.05, 0) is 13.0 Å². The third-order valence-electron chi connectivity index (χ3n) is 2.45. The van der Waals surface area contributed by atoms with Crippen molar-refractivity contribution in [2.75, 3.05) is 14.2 Å². The molecule has 0 amide bonds. The highest BCUT2D eigenvalue weighted by Crippen LogP contribution is 2.23. The first kappa shape index (κ1) is 13.3. The Morgan fingerprint density at radius 3 is 2.71 bits per heavy atom. The standard InChI is InChI=1S/C12H17NO4/c1-8(12(15)17-3)13-7-9-4-5-10(16-2)6-11(9)14/h4-6,8,13-14H,7H2,1-3H3. The molecule has 0 aliphatic heterocycles. The van der Waals surface area contributed by atoms with Crippen molar-refractivity contribution in [2.24, 2.45) is 0 Å². The van der Waals surface area contributed by atoms with Gasteiger partial charge in [-0.1, -0.05) is 6.07 Å². The number of benzene rings is 1. The van der Waals surface area contributed by atoms with Crippen molar-refractivity contribution >= 4 is 5.97 Å². The lowest BCUT2D eigenvalue weighted by molar-refractivity contribution is -0.142. The van der Waals surface area contributed by atoms with E-state index in [9.17, 15) is 9.90 Å². The van der Waals surface area contributed by atoms with Crippen molar-refractivity contribution < 1.29 is 19.4 Å². The van der Waals surface area contributed by atoms with Crippen molar-refractivity contribution in [3.8, 4) is 11.5 Å². The second-order valence-electron chi connectivity index (χ2n) is 3.62. The summed E-state index contributed by atoms with van der Waals surface area (Å²) >= 11 is 0. The summed E-state index contributed by atoms with van der Waals surface area (Å²) in [6.07, 6.45) is 0. The van der Waals surface area contributed by atoms with Crippen molar-refractivity contribution in [1.29, 1.82) is 0 Å². The molecule has 0 saturated heterocycles. The minimum Gasteiger partial charge on any atom is -0.507 e. The van der Waals surface area contributed by atoms with Gasteiger partial charge in [0.25, 0.3) is 0 Å². The lowest BCUT2D eigenvalue weighted by atomic mass is 10.2. The van der Waals surface area contributed by atoms with E-state index in [2.05, 4.69) is 10.1 Å². The van der Waals surface area contributed by atoms with E-state index in [4.69, 9.17) is 4.74 Å². The molecule has 1 unspecified atom stereocenters. The van der Waals surface area contributed by atoms with Gasteiger partial charge in [0.2, 0.25) is 0 Å². The van der Waals surface area contributed by atoms with Crippen LogP contribution in [-0.2, 0) is 16.1 Å². The Morgan fingerprint density at radius 2 is 2.18 bits per heavy atom. The highest BCUT2D eigenvalue weighted by molar-refractivity contribution is 5.75. The molecule has 5 nitrogen and oxygen atoms in total. The Hall–Kier alpha value is -1.75. The molecule has 2 N–H and O–H groups in total. The van der Waals surface area contributed by atoms with Gasteiger partial charge in [0, 0.05) is 18.2 Å². The number of hydrogen-bond donors (Lipinski definition) is 2. The first-order valence-electron chi connectivity index (χ1n) is 5.25. The predicted octanol–water partition coefficient (Wildman–Crippen LogP) is 1.05. The maximum Gasteiger partial charge on any atom is 0.322 e. The maximum absolute atomic E-state index is 11.2. The van der Waals surface area contributed by atoms with Gasteiger partial charge >= 0.3 is 5.97 Å². The van der Waals surface area contributed by atoms with Gasteiger partial charge in [-0.25, -0.2) is 0 Å². The van der Waals surface area contributed by atoms with E-state index in [-0.39, 0.29) is 11.7 Å². The molecule has 0 aliphatic rings. The van der Waals surface area contributed by atoms with Crippen LogP contribution < -0.4 is 10.1 Å². The quantitative estimate of drug-likeness (QED) is 0.752. The lowest BCUT2D eigenvalue weighted by Gasteiger charge is -2.12. The normalized spacial score (nSPS) is 11.9. The molecule has 1 aromatic rings. The molecule has 0 fully saturated rings. The Morgan fingerprint density at radius 1 is 1.47 bits per heavy atom. The van der Waals surface area contributed by atoms with Crippen LogP contribution >= 0.6 is 0 Å². The van der Waals surface area contributed by atoms with Gasteiger partial charge in [-0.2, -0.15) is 0 Å². The van der Waals surface area contributed by atoms with Crippen LogP contribution in [0.15, 0.2) is 18.2 Å². The molecule has 0 spiro atoms. The topological polar surface area (TPSA) is 67.8 Å². The number of methoxy groups -OCH3 is 2. The summed E-state index contributed by atoms with van der Waals surface area (Å²) in [7, 11) is 2.87. The average molecular weight is 239 g/mol. The summed E-state index contributed by atoms with van der Waals surface area (Å²) < 4.78 is 9.56. The summed E-state index contributed by atoms with van der Waals surface area (Å²) in [5.74, 6) is 0.388. The molecule has 1 rings (SSSR count). The van der Waals surface area contributed by atoms with E-state index < -0.39 is 6.04 Å². The number of carbonyl (C=O) groups is 1. The highest BCUT2D eigenvalue weighted by atomic mass is 16.5. The molecule has 17 heavy (non-hydrogen) atoms. The Kier molecular flexibility index (Phi) is 4.78. The third kappa shape index (κ3) is 3.64.